The minimum atomic E-state index is -0.0190. The number of amides is 1. The van der Waals surface area contributed by atoms with E-state index in [-0.39, 0.29) is 5.91 Å². The third kappa shape index (κ3) is 6.50. The molecule has 0 spiro atoms. The quantitative estimate of drug-likeness (QED) is 0.746. The van der Waals surface area contributed by atoms with Crippen LogP contribution in [0.3, 0.4) is 0 Å². The van der Waals surface area contributed by atoms with E-state index in [1.807, 2.05) is 19.1 Å². The van der Waals surface area contributed by atoms with Crippen molar-refractivity contribution in [3.8, 4) is 0 Å². The van der Waals surface area contributed by atoms with Crippen molar-refractivity contribution in [1.29, 1.82) is 0 Å². The fourth-order valence-corrected chi connectivity index (χ4v) is 2.75. The number of para-hydroxylation sites is 1. The van der Waals surface area contributed by atoms with Gasteiger partial charge in [0.25, 0.3) is 0 Å². The molecule has 0 fully saturated rings. The number of halogens is 1. The normalized spacial score (nSPS) is 11.5. The van der Waals surface area contributed by atoms with Crippen LogP contribution in [0.4, 0.5) is 5.69 Å². The summed E-state index contributed by atoms with van der Waals surface area (Å²) < 4.78 is 0. The second-order valence-electron chi connectivity index (χ2n) is 6.07. The highest BCUT2D eigenvalue weighted by atomic mass is 35.5. The Hall–Kier alpha value is -1.10. The van der Waals surface area contributed by atoms with Gasteiger partial charge in [0, 0.05) is 19.1 Å². The molecule has 23 heavy (non-hydrogen) atoms. The highest BCUT2D eigenvalue weighted by Crippen LogP contribution is 2.25. The Morgan fingerprint density at radius 2 is 1.87 bits per heavy atom. The molecule has 130 valence electrons. The first kappa shape index (κ1) is 19.9. The molecule has 0 aromatic heterocycles. The lowest BCUT2D eigenvalue weighted by molar-refractivity contribution is -0.117. The first-order valence-corrected chi connectivity index (χ1v) is 8.78. The highest BCUT2D eigenvalue weighted by molar-refractivity contribution is 6.33. The monoisotopic (exact) mass is 339 g/mol. The minimum absolute atomic E-state index is 0.0190. The van der Waals surface area contributed by atoms with E-state index in [9.17, 15) is 4.79 Å². The van der Waals surface area contributed by atoms with E-state index in [1.165, 1.54) is 0 Å². The molecule has 4 nitrogen and oxygen atoms in total. The van der Waals surface area contributed by atoms with Crippen LogP contribution in [0.25, 0.3) is 0 Å². The highest BCUT2D eigenvalue weighted by Gasteiger charge is 2.16. The Morgan fingerprint density at radius 3 is 2.39 bits per heavy atom. The average molecular weight is 340 g/mol. The summed E-state index contributed by atoms with van der Waals surface area (Å²) in [6.45, 7) is 14.8. The van der Waals surface area contributed by atoms with E-state index in [4.69, 9.17) is 11.6 Å². The van der Waals surface area contributed by atoms with Gasteiger partial charge in [0.2, 0.25) is 5.91 Å². The number of aryl methyl sites for hydroxylation is 1. The Balaban J connectivity index is 2.64. The smallest absolute Gasteiger partial charge is 0.238 e. The lowest BCUT2D eigenvalue weighted by atomic mass is 10.2. The second-order valence-corrected chi connectivity index (χ2v) is 6.48. The molecule has 1 N–H and O–H groups in total. The minimum Gasteiger partial charge on any atom is -0.323 e. The van der Waals surface area contributed by atoms with Gasteiger partial charge in [-0.2, -0.15) is 0 Å². The molecule has 0 unspecified atom stereocenters. The van der Waals surface area contributed by atoms with E-state index < -0.39 is 0 Å². The molecule has 0 heterocycles. The standard InChI is InChI=1S/C18H30ClN3O/c1-6-21(7-2)11-12-22(14(3)4)13-17(23)20-18-15(5)9-8-10-16(18)19/h8-10,14H,6-7,11-13H2,1-5H3,(H,20,23). The van der Waals surface area contributed by atoms with Gasteiger partial charge >= 0.3 is 0 Å². The van der Waals surface area contributed by atoms with Crippen molar-refractivity contribution in [3.05, 3.63) is 28.8 Å². The van der Waals surface area contributed by atoms with Crippen LogP contribution < -0.4 is 5.32 Å². The van der Waals surface area contributed by atoms with E-state index in [0.717, 1.165) is 31.7 Å². The zero-order valence-electron chi connectivity index (χ0n) is 15.0. The van der Waals surface area contributed by atoms with Gasteiger partial charge in [-0.05, 0) is 45.5 Å². The lowest BCUT2D eigenvalue weighted by Crippen LogP contribution is -2.42. The van der Waals surface area contributed by atoms with Gasteiger partial charge in [-0.25, -0.2) is 0 Å². The number of carbonyl (C=O) groups is 1. The summed E-state index contributed by atoms with van der Waals surface area (Å²) in [6.07, 6.45) is 0. The summed E-state index contributed by atoms with van der Waals surface area (Å²) in [7, 11) is 0. The Bertz CT molecular complexity index is 481. The fraction of sp³-hybridized carbons (Fsp3) is 0.611. The van der Waals surface area contributed by atoms with Crippen LogP contribution in [0, 0.1) is 6.92 Å². The number of hydrogen-bond acceptors (Lipinski definition) is 3. The van der Waals surface area contributed by atoms with Gasteiger partial charge in [-0.3, -0.25) is 9.69 Å². The molecule has 1 aromatic carbocycles. The van der Waals surface area contributed by atoms with Crippen molar-refractivity contribution in [3.63, 3.8) is 0 Å². The number of nitrogens with zero attached hydrogens (tertiary/aromatic N) is 2. The van der Waals surface area contributed by atoms with Crippen LogP contribution in [0.2, 0.25) is 5.02 Å². The SMILES string of the molecule is CCN(CC)CCN(CC(=O)Nc1c(C)cccc1Cl)C(C)C. The third-order valence-electron chi connectivity index (χ3n) is 4.16. The van der Waals surface area contributed by atoms with E-state index in [2.05, 4.69) is 42.8 Å². The van der Waals surface area contributed by atoms with Crippen LogP contribution in [0.15, 0.2) is 18.2 Å². The summed E-state index contributed by atoms with van der Waals surface area (Å²) in [6, 6.07) is 5.95. The zero-order valence-corrected chi connectivity index (χ0v) is 15.8. The van der Waals surface area contributed by atoms with E-state index in [0.29, 0.717) is 23.3 Å². The van der Waals surface area contributed by atoms with Crippen molar-refractivity contribution in [2.75, 3.05) is 38.0 Å². The molecule has 0 radical (unpaired) electrons. The Kier molecular flexibility index (Phi) is 8.59. The van der Waals surface area contributed by atoms with Gasteiger partial charge in [-0.1, -0.05) is 37.6 Å². The van der Waals surface area contributed by atoms with Crippen LogP contribution in [0.1, 0.15) is 33.3 Å². The number of likely N-dealkylation sites (N-methyl/N-ethyl adjacent to an activating group) is 1. The number of carbonyl (C=O) groups excluding carboxylic acids is 1. The molecule has 0 aliphatic carbocycles. The van der Waals surface area contributed by atoms with Crippen LogP contribution >= 0.6 is 11.6 Å². The number of benzene rings is 1. The van der Waals surface area contributed by atoms with Crippen molar-refractivity contribution in [2.45, 2.75) is 40.7 Å². The molecular formula is C18H30ClN3O. The Labute approximate surface area is 145 Å². The van der Waals surface area contributed by atoms with Gasteiger partial charge in [0.1, 0.15) is 0 Å². The average Bonchev–Trinajstić information content (AvgIpc) is 2.50. The number of rotatable bonds is 9. The molecule has 1 rings (SSSR count). The maximum absolute atomic E-state index is 12.4. The van der Waals surface area contributed by atoms with Gasteiger partial charge in [0.15, 0.2) is 0 Å². The van der Waals surface area contributed by atoms with Gasteiger partial charge in [-0.15, -0.1) is 0 Å². The molecule has 0 aliphatic heterocycles. The van der Waals surface area contributed by atoms with Gasteiger partial charge < -0.3 is 10.2 Å². The van der Waals surface area contributed by atoms with Crippen LogP contribution in [-0.2, 0) is 4.79 Å². The predicted molar refractivity (Wildman–Crippen MR) is 99.3 cm³/mol. The second kappa shape index (κ2) is 9.91. The molecule has 1 aromatic rings. The first-order valence-electron chi connectivity index (χ1n) is 8.40. The van der Waals surface area contributed by atoms with Gasteiger partial charge in [0.05, 0.1) is 17.3 Å². The van der Waals surface area contributed by atoms with Crippen LogP contribution in [-0.4, -0.2) is 54.5 Å². The largest absolute Gasteiger partial charge is 0.323 e. The summed E-state index contributed by atoms with van der Waals surface area (Å²) in [5.41, 5.74) is 1.69. The summed E-state index contributed by atoms with van der Waals surface area (Å²) >= 11 is 6.18. The van der Waals surface area contributed by atoms with Crippen molar-refractivity contribution in [1.82, 2.24) is 9.80 Å². The maximum Gasteiger partial charge on any atom is 0.238 e. The lowest BCUT2D eigenvalue weighted by Gasteiger charge is -2.29. The van der Waals surface area contributed by atoms with Crippen molar-refractivity contribution < 1.29 is 4.79 Å². The number of nitrogens with one attached hydrogen (secondary N) is 1. The Morgan fingerprint density at radius 1 is 1.22 bits per heavy atom. The zero-order chi connectivity index (χ0) is 17.4. The summed E-state index contributed by atoms with van der Waals surface area (Å²) in [5, 5.41) is 3.53. The predicted octanol–water partition coefficient (Wildman–Crippen LogP) is 3.64. The molecule has 5 heteroatoms. The molecule has 0 saturated carbocycles. The fourth-order valence-electron chi connectivity index (χ4n) is 2.48. The van der Waals surface area contributed by atoms with Crippen LogP contribution in [0.5, 0.6) is 0 Å². The number of anilines is 1. The summed E-state index contributed by atoms with van der Waals surface area (Å²) in [5.74, 6) is -0.0190. The van der Waals surface area contributed by atoms with E-state index >= 15 is 0 Å². The molecule has 0 atom stereocenters. The summed E-state index contributed by atoms with van der Waals surface area (Å²) in [4.78, 5) is 17.0. The maximum atomic E-state index is 12.4. The molecule has 0 aliphatic rings. The van der Waals surface area contributed by atoms with Crippen molar-refractivity contribution >= 4 is 23.2 Å². The molecule has 0 bridgehead atoms. The molecule has 1 amide bonds. The van der Waals surface area contributed by atoms with E-state index in [1.54, 1.807) is 6.07 Å². The molecular weight excluding hydrogens is 310 g/mol. The first-order chi connectivity index (χ1) is 10.9. The number of hydrogen-bond donors (Lipinski definition) is 1. The molecule has 0 saturated heterocycles. The third-order valence-corrected chi connectivity index (χ3v) is 4.48. The topological polar surface area (TPSA) is 35.6 Å². The van der Waals surface area contributed by atoms with Crippen molar-refractivity contribution in [2.24, 2.45) is 0 Å².